The van der Waals surface area contributed by atoms with Crippen LogP contribution in [0.2, 0.25) is 30.1 Å². The second-order valence-corrected chi connectivity index (χ2v) is 18.6. The van der Waals surface area contributed by atoms with E-state index >= 15 is 0 Å². The topological polar surface area (TPSA) is 0 Å². The molecule has 0 aliphatic heterocycles. The molecule has 0 aromatic carbocycles. The summed E-state index contributed by atoms with van der Waals surface area (Å²) in [7, 11) is 0. The summed E-state index contributed by atoms with van der Waals surface area (Å²) in [4.78, 5) is 0. The summed E-state index contributed by atoms with van der Waals surface area (Å²) in [6, 6.07) is 29.4. The van der Waals surface area contributed by atoms with Gasteiger partial charge in [-0.1, -0.05) is 0 Å². The summed E-state index contributed by atoms with van der Waals surface area (Å²) < 4.78 is 2.60. The fourth-order valence-corrected chi connectivity index (χ4v) is 20.9. The van der Waals surface area contributed by atoms with Crippen LogP contribution in [0.1, 0.15) is 0 Å². The number of halogens is 6. The molecule has 6 aliphatic rings. The molecule has 0 heterocycles. The van der Waals surface area contributed by atoms with Crippen molar-refractivity contribution in [2.45, 2.75) is 0 Å². The first-order chi connectivity index (χ1) is 17.9. The van der Waals surface area contributed by atoms with Gasteiger partial charge in [0.25, 0.3) is 0 Å². The molecular weight excluding hydrogens is 782 g/mol. The Morgan fingerprint density at radius 1 is 0.297 bits per heavy atom. The van der Waals surface area contributed by atoms with Gasteiger partial charge in [0.15, 0.2) is 0 Å². The summed E-state index contributed by atoms with van der Waals surface area (Å²) in [6.45, 7) is 0. The maximum atomic E-state index is 7.16. The Morgan fingerprint density at radius 2 is 0.486 bits per heavy atom. The molecule has 0 aromatic rings. The third-order valence-electron chi connectivity index (χ3n) is 6.45. The molecular formula is C30H15BiCl6. The van der Waals surface area contributed by atoms with E-state index in [9.17, 15) is 0 Å². The summed E-state index contributed by atoms with van der Waals surface area (Å²) in [5, 5.41) is 3.58. The summed E-state index contributed by atoms with van der Waals surface area (Å²) >= 11 is 39.4. The van der Waals surface area contributed by atoms with Crippen molar-refractivity contribution in [1.29, 1.82) is 0 Å². The Labute approximate surface area is 253 Å². The van der Waals surface area contributed by atoms with Crippen molar-refractivity contribution >= 4 is 101 Å². The monoisotopic (exact) mass is 794 g/mol. The third kappa shape index (κ3) is 4.14. The first-order valence-electron chi connectivity index (χ1n) is 11.3. The number of hydrogen-bond donors (Lipinski definition) is 0. The molecule has 0 amide bonds. The minimum atomic E-state index is -3.58. The van der Waals surface area contributed by atoms with E-state index in [1.54, 1.807) is 0 Å². The summed E-state index contributed by atoms with van der Waals surface area (Å²) in [5.74, 6) is 0. The van der Waals surface area contributed by atoms with E-state index in [-0.39, 0.29) is 0 Å². The van der Waals surface area contributed by atoms with Crippen LogP contribution in [0.15, 0.2) is 91.0 Å². The van der Waals surface area contributed by atoms with Crippen LogP contribution < -0.4 is 9.81 Å². The quantitative estimate of drug-likeness (QED) is 0.157. The zero-order valence-corrected chi connectivity index (χ0v) is 26.9. The van der Waals surface area contributed by atoms with E-state index in [0.29, 0.717) is 30.1 Å². The molecule has 0 nitrogen and oxygen atoms in total. The average Bonchev–Trinajstić information content (AvgIpc) is 3.21. The molecule has 0 saturated carbocycles. The van der Waals surface area contributed by atoms with E-state index in [4.69, 9.17) is 69.6 Å². The van der Waals surface area contributed by atoms with E-state index < -0.39 is 21.8 Å². The Kier molecular flexibility index (Phi) is 7.28. The minimum absolute atomic E-state index is 0.597. The van der Waals surface area contributed by atoms with Gasteiger partial charge in [0.05, 0.1) is 0 Å². The van der Waals surface area contributed by atoms with Crippen LogP contribution in [-0.2, 0) is 0 Å². The van der Waals surface area contributed by atoms with Crippen LogP contribution in [0.25, 0.3) is 33.4 Å². The Bertz CT molecular complexity index is 1400. The van der Waals surface area contributed by atoms with Gasteiger partial charge in [-0.2, -0.15) is 0 Å². The van der Waals surface area contributed by atoms with E-state index in [2.05, 4.69) is 0 Å². The van der Waals surface area contributed by atoms with Gasteiger partial charge in [0.2, 0.25) is 0 Å². The molecule has 37 heavy (non-hydrogen) atoms. The van der Waals surface area contributed by atoms with Crippen LogP contribution in [0.3, 0.4) is 0 Å². The molecule has 0 saturated heterocycles. The molecule has 0 fully saturated rings. The second kappa shape index (κ2) is 10.4. The zero-order chi connectivity index (χ0) is 25.8. The van der Waals surface area contributed by atoms with Crippen molar-refractivity contribution in [2.75, 3.05) is 0 Å². The van der Waals surface area contributed by atoms with Crippen molar-refractivity contribution in [2.24, 2.45) is 0 Å². The molecule has 6 rings (SSSR count). The Morgan fingerprint density at radius 3 is 0.676 bits per heavy atom. The predicted octanol–water partition coefficient (Wildman–Crippen LogP) is 9.44. The molecule has 0 atom stereocenters. The summed E-state index contributed by atoms with van der Waals surface area (Å²) in [5.41, 5.74) is 5.23. The summed E-state index contributed by atoms with van der Waals surface area (Å²) in [6.07, 6.45) is 0. The van der Waals surface area contributed by atoms with Crippen LogP contribution >= 0.6 is 69.6 Å². The fourth-order valence-electron chi connectivity index (χ4n) is 4.77. The molecule has 0 aromatic heterocycles. The predicted molar refractivity (Wildman–Crippen MR) is 164 cm³/mol. The Balaban J connectivity index is 1.79. The Hall–Kier alpha value is -1.28. The second-order valence-electron chi connectivity index (χ2n) is 8.48. The normalized spacial score (nSPS) is 11.8. The van der Waals surface area contributed by atoms with E-state index in [1.807, 2.05) is 91.0 Å². The third-order valence-corrected chi connectivity index (χ3v) is 22.5. The zero-order valence-electron chi connectivity index (χ0n) is 18.9. The SMILES string of the molecule is Clc1c2cccccc-2c(Cl)[c]1[Bi]([c]1c(Cl)c2cccccc-2c1Cl)[c]1c(Cl)c2cccccc-2c1Cl. The first kappa shape index (κ1) is 26.0. The van der Waals surface area contributed by atoms with Crippen molar-refractivity contribution in [3.63, 3.8) is 0 Å². The van der Waals surface area contributed by atoms with Crippen molar-refractivity contribution in [3.05, 3.63) is 121 Å². The van der Waals surface area contributed by atoms with E-state index in [1.165, 1.54) is 0 Å². The number of fused-ring (bicyclic) bond motifs is 3. The van der Waals surface area contributed by atoms with Gasteiger partial charge < -0.3 is 0 Å². The molecule has 0 spiro atoms. The van der Waals surface area contributed by atoms with Gasteiger partial charge >= 0.3 is 256 Å². The first-order valence-corrected chi connectivity index (χ1v) is 18.8. The fraction of sp³-hybridized carbons (Fsp3) is 0. The van der Waals surface area contributed by atoms with Crippen molar-refractivity contribution in [3.8, 4) is 33.4 Å². The van der Waals surface area contributed by atoms with Gasteiger partial charge in [-0.05, 0) is 0 Å². The molecule has 0 N–H and O–H groups in total. The molecule has 6 aliphatic carbocycles. The van der Waals surface area contributed by atoms with Crippen LogP contribution in [0.4, 0.5) is 0 Å². The molecule has 0 radical (unpaired) electrons. The van der Waals surface area contributed by atoms with Crippen molar-refractivity contribution in [1.82, 2.24) is 0 Å². The maximum absolute atomic E-state index is 7.16. The van der Waals surface area contributed by atoms with Gasteiger partial charge in [-0.3, -0.25) is 0 Å². The number of rotatable bonds is 3. The molecule has 7 heteroatoms. The van der Waals surface area contributed by atoms with Gasteiger partial charge in [-0.25, -0.2) is 0 Å². The van der Waals surface area contributed by atoms with E-state index in [0.717, 1.165) is 43.2 Å². The van der Waals surface area contributed by atoms with Gasteiger partial charge in [-0.15, -0.1) is 0 Å². The van der Waals surface area contributed by atoms with Gasteiger partial charge in [0.1, 0.15) is 0 Å². The standard InChI is InChI=1S/3C10H5Cl2.Bi/c3*11-9-6-10(12)8-5-3-1-2-4-7(8)9;/h3*1-5H;. The van der Waals surface area contributed by atoms with Crippen molar-refractivity contribution < 1.29 is 0 Å². The molecule has 0 bridgehead atoms. The van der Waals surface area contributed by atoms with Crippen LogP contribution in [0.5, 0.6) is 0 Å². The molecule has 182 valence electrons. The average molecular weight is 797 g/mol. The molecule has 0 unspecified atom stereocenters. The van der Waals surface area contributed by atoms with Crippen LogP contribution in [0, 0.1) is 0 Å². The number of hydrogen-bond acceptors (Lipinski definition) is 0. The van der Waals surface area contributed by atoms with Crippen LogP contribution in [-0.4, -0.2) is 21.8 Å². The van der Waals surface area contributed by atoms with Gasteiger partial charge in [0, 0.05) is 0 Å².